The Morgan fingerprint density at radius 1 is 1.15 bits per heavy atom. The number of carbonyl (C=O) groups is 3. The largest absolute Gasteiger partial charge is 0.494 e. The number of H-pyrrole nitrogens is 1. The van der Waals surface area contributed by atoms with Crippen LogP contribution in [-0.4, -0.2) is 37.8 Å². The Morgan fingerprint density at radius 3 is 2.58 bits per heavy atom. The molecule has 4 rings (SSSR count). The molecule has 2 aromatic heterocycles. The number of halogens is 3. The number of aromatic amines is 1. The van der Waals surface area contributed by atoms with Crippen molar-refractivity contribution in [3.8, 4) is 5.88 Å². The van der Waals surface area contributed by atoms with Crippen LogP contribution in [0.25, 0.3) is 10.9 Å². The van der Waals surface area contributed by atoms with Gasteiger partial charge in [0, 0.05) is 41.0 Å². The summed E-state index contributed by atoms with van der Waals surface area (Å²) in [6.45, 7) is 0. The minimum atomic E-state index is -4.81. The van der Waals surface area contributed by atoms with Crippen molar-refractivity contribution in [1.29, 1.82) is 0 Å². The molecule has 0 unspecified atom stereocenters. The summed E-state index contributed by atoms with van der Waals surface area (Å²) >= 11 is 0. The molecule has 0 spiro atoms. The van der Waals surface area contributed by atoms with Crippen LogP contribution in [0.2, 0.25) is 0 Å². The maximum Gasteiger partial charge on any atom is 0.435 e. The van der Waals surface area contributed by atoms with Gasteiger partial charge in [-0.25, -0.2) is 0 Å². The molecule has 0 aliphatic rings. The Kier molecular flexibility index (Phi) is 5.24. The highest BCUT2D eigenvalue weighted by molar-refractivity contribution is 6.12. The smallest absolute Gasteiger partial charge is 0.435 e. The fraction of sp³-hybridized carbons (Fsp3) is 0.0909. The highest BCUT2D eigenvalue weighted by atomic mass is 19.4. The van der Waals surface area contributed by atoms with E-state index in [0.717, 1.165) is 10.9 Å². The van der Waals surface area contributed by atoms with E-state index in [2.05, 4.69) is 15.4 Å². The average molecular weight is 456 g/mol. The molecule has 168 valence electrons. The molecule has 0 aliphatic heterocycles. The number of amides is 1. The van der Waals surface area contributed by atoms with E-state index in [1.54, 1.807) is 0 Å². The number of anilines is 1. The third-order valence-electron chi connectivity index (χ3n) is 4.92. The third kappa shape index (κ3) is 4.07. The van der Waals surface area contributed by atoms with Gasteiger partial charge in [0.2, 0.25) is 0 Å². The van der Waals surface area contributed by atoms with E-state index < -0.39 is 29.1 Å². The molecule has 0 bridgehead atoms. The van der Waals surface area contributed by atoms with Crippen LogP contribution in [0.1, 0.15) is 42.3 Å². The lowest BCUT2D eigenvalue weighted by molar-refractivity contribution is -0.141. The van der Waals surface area contributed by atoms with Crippen LogP contribution in [0, 0.1) is 0 Å². The lowest BCUT2D eigenvalue weighted by Crippen LogP contribution is -2.18. The summed E-state index contributed by atoms with van der Waals surface area (Å²) in [4.78, 5) is 39.1. The molecule has 0 fully saturated rings. The lowest BCUT2D eigenvalue weighted by atomic mass is 10.0. The predicted molar refractivity (Wildman–Crippen MR) is 111 cm³/mol. The van der Waals surface area contributed by atoms with Crippen molar-refractivity contribution in [2.24, 2.45) is 7.05 Å². The number of alkyl halides is 3. The second-order valence-corrected chi connectivity index (χ2v) is 7.19. The molecule has 8 nitrogen and oxygen atoms in total. The van der Waals surface area contributed by atoms with Crippen LogP contribution in [-0.2, 0) is 13.2 Å². The second-order valence-electron chi connectivity index (χ2n) is 7.19. The number of hydrogen-bond donors (Lipinski definition) is 3. The standard InChI is InChI=1S/C22H15F3N4O4/c1-29-9-15(19(28-29)22(23,24)25)20(32)26-13-4-2-3-11(7-13)18(31)12-5-6-14-16(10-30)21(33)27-17(14)8-12/h2-10,27,33H,1H3,(H,26,32). The first-order chi connectivity index (χ1) is 15.6. The van der Waals surface area contributed by atoms with Crippen molar-refractivity contribution in [1.82, 2.24) is 14.8 Å². The van der Waals surface area contributed by atoms with Crippen LogP contribution >= 0.6 is 0 Å². The number of rotatable bonds is 5. The van der Waals surface area contributed by atoms with E-state index in [-0.39, 0.29) is 28.3 Å². The van der Waals surface area contributed by atoms with Gasteiger partial charge in [-0.2, -0.15) is 18.3 Å². The molecule has 11 heteroatoms. The average Bonchev–Trinajstić information content (AvgIpc) is 3.31. The molecule has 2 aromatic carbocycles. The number of nitrogens with zero attached hydrogens (tertiary/aromatic N) is 2. The fourth-order valence-corrected chi connectivity index (χ4v) is 3.43. The summed E-state index contributed by atoms with van der Waals surface area (Å²) in [6, 6.07) is 10.2. The topological polar surface area (TPSA) is 117 Å². The summed E-state index contributed by atoms with van der Waals surface area (Å²) in [7, 11) is 1.27. The highest BCUT2D eigenvalue weighted by Gasteiger charge is 2.39. The second kappa shape index (κ2) is 7.93. The van der Waals surface area contributed by atoms with Crippen LogP contribution in [0.5, 0.6) is 5.88 Å². The van der Waals surface area contributed by atoms with Gasteiger partial charge in [-0.15, -0.1) is 0 Å². The van der Waals surface area contributed by atoms with Gasteiger partial charge in [0.25, 0.3) is 5.91 Å². The van der Waals surface area contributed by atoms with Crippen LogP contribution in [0.4, 0.5) is 18.9 Å². The first-order valence-corrected chi connectivity index (χ1v) is 9.45. The van der Waals surface area contributed by atoms with Gasteiger partial charge < -0.3 is 15.4 Å². The van der Waals surface area contributed by atoms with Crippen LogP contribution in [0.15, 0.2) is 48.7 Å². The Bertz CT molecular complexity index is 1420. The quantitative estimate of drug-likeness (QED) is 0.311. The van der Waals surface area contributed by atoms with Crippen molar-refractivity contribution in [3.05, 3.63) is 76.6 Å². The third-order valence-corrected chi connectivity index (χ3v) is 4.92. The molecule has 4 aromatic rings. The molecule has 0 saturated carbocycles. The molecular weight excluding hydrogens is 441 g/mol. The van der Waals surface area contributed by atoms with E-state index in [1.807, 2.05) is 0 Å². The normalized spacial score (nSPS) is 11.5. The van der Waals surface area contributed by atoms with Gasteiger partial charge in [-0.05, 0) is 18.2 Å². The van der Waals surface area contributed by atoms with Crippen molar-refractivity contribution in [2.45, 2.75) is 6.18 Å². The molecule has 0 atom stereocenters. The van der Waals surface area contributed by atoms with Crippen LogP contribution < -0.4 is 5.32 Å². The van der Waals surface area contributed by atoms with Crippen molar-refractivity contribution in [3.63, 3.8) is 0 Å². The molecular formula is C22H15F3N4O4. The maximum atomic E-state index is 13.1. The summed E-state index contributed by atoms with van der Waals surface area (Å²) in [5.41, 5.74) is -0.998. The number of benzene rings is 2. The van der Waals surface area contributed by atoms with Gasteiger partial charge in [-0.1, -0.05) is 24.3 Å². The lowest BCUT2D eigenvalue weighted by Gasteiger charge is -2.09. The van der Waals surface area contributed by atoms with Crippen molar-refractivity contribution < 1.29 is 32.7 Å². The Labute approximate surface area is 183 Å². The number of aldehydes is 1. The van der Waals surface area contributed by atoms with E-state index in [1.165, 1.54) is 49.5 Å². The summed E-state index contributed by atoms with van der Waals surface area (Å²) in [5.74, 6) is -1.78. The zero-order chi connectivity index (χ0) is 23.9. The molecule has 0 saturated heterocycles. The molecule has 1 amide bonds. The van der Waals surface area contributed by atoms with Crippen LogP contribution in [0.3, 0.4) is 0 Å². The van der Waals surface area contributed by atoms with Gasteiger partial charge in [-0.3, -0.25) is 19.1 Å². The van der Waals surface area contributed by atoms with Crippen molar-refractivity contribution >= 4 is 34.6 Å². The monoisotopic (exact) mass is 456 g/mol. The minimum Gasteiger partial charge on any atom is -0.494 e. The summed E-state index contributed by atoms with van der Waals surface area (Å²) in [6.07, 6.45) is -3.35. The first-order valence-electron chi connectivity index (χ1n) is 9.45. The number of nitrogens with one attached hydrogen (secondary N) is 2. The molecule has 2 heterocycles. The Morgan fingerprint density at radius 2 is 1.88 bits per heavy atom. The fourth-order valence-electron chi connectivity index (χ4n) is 3.43. The Balaban J connectivity index is 1.61. The van der Waals surface area contributed by atoms with Gasteiger partial charge in [0.1, 0.15) is 0 Å². The number of ketones is 1. The van der Waals surface area contributed by atoms with E-state index >= 15 is 0 Å². The maximum absolute atomic E-state index is 13.1. The number of fused-ring (bicyclic) bond motifs is 1. The number of hydrogen-bond acceptors (Lipinski definition) is 5. The number of aryl methyl sites for hydroxylation is 1. The molecule has 3 N–H and O–H groups in total. The van der Waals surface area contributed by atoms with E-state index in [9.17, 15) is 32.7 Å². The number of aromatic nitrogens is 3. The van der Waals surface area contributed by atoms with E-state index in [4.69, 9.17) is 0 Å². The van der Waals surface area contributed by atoms with E-state index in [0.29, 0.717) is 17.2 Å². The SMILES string of the molecule is Cn1cc(C(=O)Nc2cccc(C(=O)c3ccc4c(C=O)c(O)[nH]c4c3)c2)c(C(F)(F)F)n1. The zero-order valence-corrected chi connectivity index (χ0v) is 16.9. The molecule has 0 radical (unpaired) electrons. The van der Waals surface area contributed by atoms with Gasteiger partial charge in [0.05, 0.1) is 11.1 Å². The molecule has 33 heavy (non-hydrogen) atoms. The Hall–Kier alpha value is -4.41. The predicted octanol–water partition coefficient (Wildman–Crippen LogP) is 3.92. The zero-order valence-electron chi connectivity index (χ0n) is 16.9. The minimum absolute atomic E-state index is 0.0716. The number of aromatic hydroxyl groups is 1. The highest BCUT2D eigenvalue weighted by Crippen LogP contribution is 2.31. The molecule has 0 aliphatic carbocycles. The first kappa shape index (κ1) is 21.8. The van der Waals surface area contributed by atoms with Gasteiger partial charge >= 0.3 is 6.18 Å². The summed E-state index contributed by atoms with van der Waals surface area (Å²) in [5, 5.41) is 15.9. The van der Waals surface area contributed by atoms with Crippen molar-refractivity contribution in [2.75, 3.05) is 5.32 Å². The summed E-state index contributed by atoms with van der Waals surface area (Å²) < 4.78 is 40.3. The number of carbonyl (C=O) groups excluding carboxylic acids is 3. The van der Waals surface area contributed by atoms with Gasteiger partial charge in [0.15, 0.2) is 23.6 Å².